The van der Waals surface area contributed by atoms with Crippen molar-refractivity contribution in [2.75, 3.05) is 40.4 Å². The summed E-state index contributed by atoms with van der Waals surface area (Å²) in [5.74, 6) is 1.19. The van der Waals surface area contributed by atoms with E-state index in [9.17, 15) is 4.79 Å². The smallest absolute Gasteiger partial charge is 0.266 e. The summed E-state index contributed by atoms with van der Waals surface area (Å²) in [4.78, 5) is 23.3. The Morgan fingerprint density at radius 2 is 1.50 bits per heavy atom. The summed E-state index contributed by atoms with van der Waals surface area (Å²) in [6, 6.07) is 26.9. The number of ether oxygens (including phenoxy) is 2. The summed E-state index contributed by atoms with van der Waals surface area (Å²) in [5, 5.41) is 4.23. The maximum atomic E-state index is 13.3. The summed E-state index contributed by atoms with van der Waals surface area (Å²) >= 11 is 0. The van der Waals surface area contributed by atoms with E-state index < -0.39 is 6.10 Å². The van der Waals surface area contributed by atoms with E-state index in [-0.39, 0.29) is 11.9 Å². The fourth-order valence-electron chi connectivity index (χ4n) is 5.07. The topological polar surface area (TPSA) is 63.6 Å². The Balaban J connectivity index is 1.24. The molecule has 1 saturated heterocycles. The number of piperazine rings is 1. The molecule has 1 atom stereocenters. The van der Waals surface area contributed by atoms with Gasteiger partial charge in [-0.1, -0.05) is 71.9 Å². The Morgan fingerprint density at radius 1 is 0.861 bits per heavy atom. The number of carbonyl (C=O) groups excluding carboxylic acids is 1. The number of para-hydroxylation sites is 1. The minimum absolute atomic E-state index is 0.0220. The Kier molecular flexibility index (Phi) is 7.18. The number of methoxy groups -OCH3 is 2. The van der Waals surface area contributed by atoms with Crippen molar-refractivity contribution in [1.82, 2.24) is 9.80 Å². The molecule has 0 aliphatic carbocycles. The normalized spacial score (nSPS) is 18.0. The SMILES string of the molecule is COc1cccc(C2=NOC(C(=O)N3CCN(C(c4ccccc4)c4ccccc4)CC3)C2)c1OC. The van der Waals surface area contributed by atoms with Crippen molar-refractivity contribution in [2.24, 2.45) is 5.16 Å². The van der Waals surface area contributed by atoms with Gasteiger partial charge in [0, 0.05) is 38.2 Å². The second kappa shape index (κ2) is 10.8. The Bertz CT molecular complexity index is 1170. The van der Waals surface area contributed by atoms with Crippen LogP contribution in [0.1, 0.15) is 29.2 Å². The van der Waals surface area contributed by atoms with Crippen molar-refractivity contribution in [3.05, 3.63) is 95.6 Å². The molecule has 5 rings (SSSR count). The van der Waals surface area contributed by atoms with Gasteiger partial charge in [-0.25, -0.2) is 0 Å². The van der Waals surface area contributed by atoms with Crippen molar-refractivity contribution < 1.29 is 19.1 Å². The van der Waals surface area contributed by atoms with E-state index >= 15 is 0 Å². The Labute approximate surface area is 211 Å². The molecule has 1 unspecified atom stereocenters. The highest BCUT2D eigenvalue weighted by Gasteiger charge is 2.36. The van der Waals surface area contributed by atoms with Gasteiger partial charge < -0.3 is 19.2 Å². The Morgan fingerprint density at radius 3 is 2.08 bits per heavy atom. The predicted octanol–water partition coefficient (Wildman–Crippen LogP) is 4.13. The molecule has 1 fully saturated rings. The second-order valence-corrected chi connectivity index (χ2v) is 8.96. The monoisotopic (exact) mass is 485 g/mol. The van der Waals surface area contributed by atoms with Gasteiger partial charge in [0.05, 0.1) is 26.0 Å². The van der Waals surface area contributed by atoms with Crippen LogP contribution in [0.5, 0.6) is 11.5 Å². The van der Waals surface area contributed by atoms with Crippen molar-refractivity contribution in [2.45, 2.75) is 18.6 Å². The van der Waals surface area contributed by atoms with E-state index in [0.29, 0.717) is 36.7 Å². The van der Waals surface area contributed by atoms with Gasteiger partial charge in [-0.15, -0.1) is 0 Å². The number of nitrogens with zero attached hydrogens (tertiary/aromatic N) is 3. The zero-order valence-corrected chi connectivity index (χ0v) is 20.7. The van der Waals surface area contributed by atoms with Gasteiger partial charge in [0.2, 0.25) is 6.10 Å². The lowest BCUT2D eigenvalue weighted by Gasteiger charge is -2.40. The molecule has 0 N–H and O–H groups in total. The van der Waals surface area contributed by atoms with Gasteiger partial charge in [0.15, 0.2) is 11.5 Å². The number of carbonyl (C=O) groups is 1. The maximum absolute atomic E-state index is 13.3. The van der Waals surface area contributed by atoms with Gasteiger partial charge in [-0.05, 0) is 23.3 Å². The molecule has 0 radical (unpaired) electrons. The van der Waals surface area contributed by atoms with E-state index in [1.807, 2.05) is 35.2 Å². The molecule has 0 spiro atoms. The molecule has 0 saturated carbocycles. The van der Waals surface area contributed by atoms with Crippen LogP contribution in [-0.2, 0) is 9.63 Å². The van der Waals surface area contributed by atoms with Crippen LogP contribution in [0.4, 0.5) is 0 Å². The van der Waals surface area contributed by atoms with Crippen LogP contribution in [-0.4, -0.2) is 67.9 Å². The first-order valence-electron chi connectivity index (χ1n) is 12.3. The lowest BCUT2D eigenvalue weighted by atomic mass is 9.96. The molecule has 2 aliphatic heterocycles. The van der Waals surface area contributed by atoms with Gasteiger partial charge in [0.1, 0.15) is 0 Å². The molecule has 186 valence electrons. The molecule has 3 aromatic rings. The highest BCUT2D eigenvalue weighted by atomic mass is 16.6. The summed E-state index contributed by atoms with van der Waals surface area (Å²) in [6.07, 6.45) is -0.222. The van der Waals surface area contributed by atoms with Gasteiger partial charge in [-0.2, -0.15) is 0 Å². The zero-order chi connectivity index (χ0) is 24.9. The molecule has 0 aromatic heterocycles. The third-order valence-electron chi connectivity index (χ3n) is 6.88. The van der Waals surface area contributed by atoms with Crippen LogP contribution in [0.25, 0.3) is 0 Å². The number of hydrogen-bond acceptors (Lipinski definition) is 6. The second-order valence-electron chi connectivity index (χ2n) is 8.96. The van der Waals surface area contributed by atoms with Crippen LogP contribution in [0.3, 0.4) is 0 Å². The lowest BCUT2D eigenvalue weighted by molar-refractivity contribution is -0.144. The average Bonchev–Trinajstić information content (AvgIpc) is 3.44. The maximum Gasteiger partial charge on any atom is 0.266 e. The molecule has 2 heterocycles. The number of hydrogen-bond donors (Lipinski definition) is 0. The highest BCUT2D eigenvalue weighted by molar-refractivity contribution is 6.06. The third-order valence-corrected chi connectivity index (χ3v) is 6.88. The van der Waals surface area contributed by atoms with E-state index in [4.69, 9.17) is 14.3 Å². The molecule has 7 nitrogen and oxygen atoms in total. The van der Waals surface area contributed by atoms with Crippen molar-refractivity contribution in [3.63, 3.8) is 0 Å². The van der Waals surface area contributed by atoms with E-state index in [0.717, 1.165) is 18.7 Å². The molecule has 36 heavy (non-hydrogen) atoms. The number of amides is 1. The minimum Gasteiger partial charge on any atom is -0.493 e. The summed E-state index contributed by atoms with van der Waals surface area (Å²) in [5.41, 5.74) is 3.99. The zero-order valence-electron chi connectivity index (χ0n) is 20.7. The lowest BCUT2D eigenvalue weighted by Crippen LogP contribution is -2.52. The number of oxime groups is 1. The van der Waals surface area contributed by atoms with Crippen molar-refractivity contribution in [3.8, 4) is 11.5 Å². The van der Waals surface area contributed by atoms with Crippen LogP contribution >= 0.6 is 0 Å². The van der Waals surface area contributed by atoms with Crippen LogP contribution in [0.15, 0.2) is 84.0 Å². The number of benzene rings is 3. The fraction of sp³-hybridized carbons (Fsp3) is 0.310. The van der Waals surface area contributed by atoms with Gasteiger partial charge in [0.25, 0.3) is 5.91 Å². The standard InChI is InChI=1S/C29H31N3O4/c1-34-25-15-9-14-23(28(25)35-2)24-20-26(36-30-24)29(33)32-18-16-31(17-19-32)27(21-10-5-3-6-11-21)22-12-7-4-8-13-22/h3-15,26-27H,16-20H2,1-2H3. The summed E-state index contributed by atoms with van der Waals surface area (Å²) in [6.45, 7) is 2.86. The van der Waals surface area contributed by atoms with Crippen LogP contribution < -0.4 is 9.47 Å². The third kappa shape index (κ3) is 4.79. The fourth-order valence-corrected chi connectivity index (χ4v) is 5.07. The van der Waals surface area contributed by atoms with E-state index in [1.54, 1.807) is 14.2 Å². The molecule has 0 bridgehead atoms. The summed E-state index contributed by atoms with van der Waals surface area (Å²) < 4.78 is 10.9. The van der Waals surface area contributed by atoms with Crippen molar-refractivity contribution >= 4 is 11.6 Å². The first kappa shape index (κ1) is 23.9. The summed E-state index contributed by atoms with van der Waals surface area (Å²) in [7, 11) is 3.19. The van der Waals surface area contributed by atoms with E-state index in [2.05, 4.69) is 58.6 Å². The molecular weight excluding hydrogens is 454 g/mol. The molecular formula is C29H31N3O4. The average molecular weight is 486 g/mol. The quantitative estimate of drug-likeness (QED) is 0.504. The van der Waals surface area contributed by atoms with E-state index in [1.165, 1.54) is 11.1 Å². The molecule has 3 aromatic carbocycles. The van der Waals surface area contributed by atoms with Crippen LogP contribution in [0, 0.1) is 0 Å². The molecule has 2 aliphatic rings. The number of rotatable bonds is 7. The first-order chi connectivity index (χ1) is 17.7. The largest absolute Gasteiger partial charge is 0.493 e. The Hall–Kier alpha value is -3.84. The first-order valence-corrected chi connectivity index (χ1v) is 12.3. The van der Waals surface area contributed by atoms with Crippen LogP contribution in [0.2, 0.25) is 0 Å². The predicted molar refractivity (Wildman–Crippen MR) is 138 cm³/mol. The minimum atomic E-state index is -0.624. The van der Waals surface area contributed by atoms with Gasteiger partial charge >= 0.3 is 0 Å². The van der Waals surface area contributed by atoms with Crippen molar-refractivity contribution in [1.29, 1.82) is 0 Å². The molecule has 7 heteroatoms. The highest BCUT2D eigenvalue weighted by Crippen LogP contribution is 2.34. The molecule has 1 amide bonds. The van der Waals surface area contributed by atoms with Gasteiger partial charge in [-0.3, -0.25) is 9.69 Å².